The second-order valence-corrected chi connectivity index (χ2v) is 4.49. The van der Waals surface area contributed by atoms with Crippen LogP contribution in [-0.2, 0) is 4.74 Å². The maximum Gasteiger partial charge on any atom is 0.335 e. The average Bonchev–Trinajstić information content (AvgIpc) is 2.37. The first-order valence-electron chi connectivity index (χ1n) is 6.16. The number of carbonyl (C=O) groups is 1. The fourth-order valence-electron chi connectivity index (χ4n) is 1.45. The first-order chi connectivity index (χ1) is 9.04. The number of methoxy groups -OCH3 is 1. The molecule has 0 unspecified atom stereocenters. The number of hydrogen-bond acceptors (Lipinski definition) is 4. The zero-order chi connectivity index (χ0) is 14.3. The number of carboxylic acids is 1. The van der Waals surface area contributed by atoms with Crippen molar-refractivity contribution in [1.29, 1.82) is 0 Å². The molecule has 1 aromatic carbocycles. The minimum atomic E-state index is -0.995. The standard InChI is InChI=1S/C14H20O5/c1-10(2)9-18-6-7-19-12-5-4-11(14(15)16)8-13(12)17-3/h4-5,8,10H,6-7,9H2,1-3H3,(H,15,16). The van der Waals surface area contributed by atoms with Crippen LogP contribution >= 0.6 is 0 Å². The molecular formula is C14H20O5. The quantitative estimate of drug-likeness (QED) is 0.734. The maximum absolute atomic E-state index is 10.8. The van der Waals surface area contributed by atoms with Crippen molar-refractivity contribution in [3.8, 4) is 11.5 Å². The van der Waals surface area contributed by atoms with Gasteiger partial charge in [-0.15, -0.1) is 0 Å². The SMILES string of the molecule is COc1cc(C(=O)O)ccc1OCCOCC(C)C. The lowest BCUT2D eigenvalue weighted by Crippen LogP contribution is -2.10. The summed E-state index contributed by atoms with van der Waals surface area (Å²) in [5.74, 6) is 0.416. The summed E-state index contributed by atoms with van der Waals surface area (Å²) in [7, 11) is 1.48. The molecule has 1 rings (SSSR count). The van der Waals surface area contributed by atoms with Crippen LogP contribution in [-0.4, -0.2) is 38.0 Å². The molecule has 5 nitrogen and oxygen atoms in total. The lowest BCUT2D eigenvalue weighted by atomic mass is 10.2. The van der Waals surface area contributed by atoms with E-state index in [1.165, 1.54) is 19.2 Å². The van der Waals surface area contributed by atoms with E-state index in [1.807, 2.05) is 0 Å². The van der Waals surface area contributed by atoms with Crippen molar-refractivity contribution in [2.45, 2.75) is 13.8 Å². The van der Waals surface area contributed by atoms with Gasteiger partial charge in [-0.2, -0.15) is 0 Å². The van der Waals surface area contributed by atoms with Crippen LogP contribution in [0.15, 0.2) is 18.2 Å². The Balaban J connectivity index is 2.51. The Hall–Kier alpha value is -1.75. The second-order valence-electron chi connectivity index (χ2n) is 4.49. The van der Waals surface area contributed by atoms with Crippen LogP contribution in [0.2, 0.25) is 0 Å². The van der Waals surface area contributed by atoms with Crippen LogP contribution in [0.3, 0.4) is 0 Å². The minimum Gasteiger partial charge on any atom is -0.493 e. The lowest BCUT2D eigenvalue weighted by molar-refractivity contribution is 0.0695. The number of rotatable bonds is 8. The fraction of sp³-hybridized carbons (Fsp3) is 0.500. The van der Waals surface area contributed by atoms with Gasteiger partial charge < -0.3 is 19.3 Å². The van der Waals surface area contributed by atoms with Crippen molar-refractivity contribution >= 4 is 5.97 Å². The van der Waals surface area contributed by atoms with Gasteiger partial charge in [-0.3, -0.25) is 0 Å². The number of benzene rings is 1. The molecule has 0 bridgehead atoms. The lowest BCUT2D eigenvalue weighted by Gasteiger charge is -2.12. The van der Waals surface area contributed by atoms with Gasteiger partial charge in [0, 0.05) is 6.61 Å². The van der Waals surface area contributed by atoms with Gasteiger partial charge in [-0.25, -0.2) is 4.79 Å². The number of aromatic carboxylic acids is 1. The van der Waals surface area contributed by atoms with Gasteiger partial charge in [-0.05, 0) is 24.1 Å². The molecule has 0 saturated carbocycles. The summed E-state index contributed by atoms with van der Waals surface area (Å²) in [6, 6.07) is 4.51. The van der Waals surface area contributed by atoms with Gasteiger partial charge in [0.25, 0.3) is 0 Å². The molecule has 0 atom stereocenters. The highest BCUT2D eigenvalue weighted by atomic mass is 16.5. The van der Waals surface area contributed by atoms with E-state index in [1.54, 1.807) is 6.07 Å². The summed E-state index contributed by atoms with van der Waals surface area (Å²) in [5, 5.41) is 8.88. The molecule has 0 saturated heterocycles. The molecule has 0 spiro atoms. The zero-order valence-corrected chi connectivity index (χ0v) is 11.5. The first kappa shape index (κ1) is 15.3. The summed E-state index contributed by atoms with van der Waals surface area (Å²) in [4.78, 5) is 10.8. The number of hydrogen-bond donors (Lipinski definition) is 1. The van der Waals surface area contributed by atoms with E-state index in [0.29, 0.717) is 37.2 Å². The Labute approximate surface area is 113 Å². The molecule has 0 aromatic heterocycles. The molecule has 0 amide bonds. The van der Waals surface area contributed by atoms with Crippen LogP contribution in [0.1, 0.15) is 24.2 Å². The van der Waals surface area contributed by atoms with Gasteiger partial charge in [0.15, 0.2) is 11.5 Å². The predicted octanol–water partition coefficient (Wildman–Crippen LogP) is 2.44. The normalized spacial score (nSPS) is 10.5. The Kier molecular flexibility index (Phi) is 6.15. The van der Waals surface area contributed by atoms with Gasteiger partial charge in [-0.1, -0.05) is 13.8 Å². The molecule has 19 heavy (non-hydrogen) atoms. The van der Waals surface area contributed by atoms with Crippen molar-refractivity contribution in [2.24, 2.45) is 5.92 Å². The Bertz CT molecular complexity index is 414. The molecular weight excluding hydrogens is 248 g/mol. The number of ether oxygens (including phenoxy) is 3. The molecule has 1 aromatic rings. The summed E-state index contributed by atoms with van der Waals surface area (Å²) in [6.07, 6.45) is 0. The van der Waals surface area contributed by atoms with E-state index in [2.05, 4.69) is 13.8 Å². The molecule has 0 aliphatic rings. The van der Waals surface area contributed by atoms with Crippen LogP contribution in [0.25, 0.3) is 0 Å². The summed E-state index contributed by atoms with van der Waals surface area (Å²) < 4.78 is 16.0. The van der Waals surface area contributed by atoms with E-state index in [4.69, 9.17) is 19.3 Å². The van der Waals surface area contributed by atoms with E-state index in [-0.39, 0.29) is 5.56 Å². The van der Waals surface area contributed by atoms with Gasteiger partial charge in [0.1, 0.15) is 6.61 Å². The molecule has 0 heterocycles. The first-order valence-corrected chi connectivity index (χ1v) is 6.16. The topological polar surface area (TPSA) is 65.0 Å². The monoisotopic (exact) mass is 268 g/mol. The fourth-order valence-corrected chi connectivity index (χ4v) is 1.45. The Morgan fingerprint density at radius 2 is 2.00 bits per heavy atom. The third-order valence-electron chi connectivity index (χ3n) is 2.35. The van der Waals surface area contributed by atoms with Crippen LogP contribution in [0.4, 0.5) is 0 Å². The molecule has 0 radical (unpaired) electrons. The van der Waals surface area contributed by atoms with Crippen molar-refractivity contribution in [3.05, 3.63) is 23.8 Å². The third kappa shape index (κ3) is 5.18. The Morgan fingerprint density at radius 1 is 1.26 bits per heavy atom. The van der Waals surface area contributed by atoms with Crippen molar-refractivity contribution in [2.75, 3.05) is 26.9 Å². The van der Waals surface area contributed by atoms with Crippen molar-refractivity contribution < 1.29 is 24.1 Å². The highest BCUT2D eigenvalue weighted by molar-refractivity contribution is 5.88. The summed E-state index contributed by atoms with van der Waals surface area (Å²) in [5.41, 5.74) is 0.167. The van der Waals surface area contributed by atoms with Crippen molar-refractivity contribution in [1.82, 2.24) is 0 Å². The van der Waals surface area contributed by atoms with E-state index in [0.717, 1.165) is 0 Å². The highest BCUT2D eigenvalue weighted by Crippen LogP contribution is 2.27. The molecule has 0 aliphatic heterocycles. The second kappa shape index (κ2) is 7.63. The largest absolute Gasteiger partial charge is 0.493 e. The molecule has 5 heteroatoms. The third-order valence-corrected chi connectivity index (χ3v) is 2.35. The molecule has 0 fully saturated rings. The molecule has 106 valence electrons. The zero-order valence-electron chi connectivity index (χ0n) is 11.5. The minimum absolute atomic E-state index is 0.167. The molecule has 0 aliphatic carbocycles. The Morgan fingerprint density at radius 3 is 2.58 bits per heavy atom. The summed E-state index contributed by atoms with van der Waals surface area (Å²) >= 11 is 0. The van der Waals surface area contributed by atoms with Gasteiger partial charge in [0.05, 0.1) is 19.3 Å². The average molecular weight is 268 g/mol. The van der Waals surface area contributed by atoms with E-state index in [9.17, 15) is 4.79 Å². The predicted molar refractivity (Wildman–Crippen MR) is 71.1 cm³/mol. The van der Waals surface area contributed by atoms with E-state index < -0.39 is 5.97 Å². The molecule has 1 N–H and O–H groups in total. The highest BCUT2D eigenvalue weighted by Gasteiger charge is 2.09. The summed E-state index contributed by atoms with van der Waals surface area (Å²) in [6.45, 7) is 5.74. The van der Waals surface area contributed by atoms with Crippen LogP contribution < -0.4 is 9.47 Å². The maximum atomic E-state index is 10.8. The van der Waals surface area contributed by atoms with Gasteiger partial charge >= 0.3 is 5.97 Å². The van der Waals surface area contributed by atoms with E-state index >= 15 is 0 Å². The van der Waals surface area contributed by atoms with Gasteiger partial charge in [0.2, 0.25) is 0 Å². The van der Waals surface area contributed by atoms with Crippen LogP contribution in [0.5, 0.6) is 11.5 Å². The number of carboxylic acid groups (broad SMARTS) is 1. The smallest absolute Gasteiger partial charge is 0.335 e. The van der Waals surface area contributed by atoms with Crippen molar-refractivity contribution in [3.63, 3.8) is 0 Å². The van der Waals surface area contributed by atoms with Crippen LogP contribution in [0, 0.1) is 5.92 Å².